The number of aromatic nitrogens is 33. The highest BCUT2D eigenvalue weighted by molar-refractivity contribution is 7.10. The Balaban J connectivity index is 0.000000106. The van der Waals surface area contributed by atoms with Gasteiger partial charge in [-0.1, -0.05) is 65.7 Å². The fraction of sp³-hybridized carbons (Fsp3) is 0.132. The van der Waals surface area contributed by atoms with Gasteiger partial charge >= 0.3 is 0 Å². The maximum absolute atomic E-state index is 9.68. The predicted molar refractivity (Wildman–Crippen MR) is 530 cm³/mol. The molecule has 0 fully saturated rings. The summed E-state index contributed by atoms with van der Waals surface area (Å²) >= 11 is 13.4. The number of phenols is 2. The van der Waals surface area contributed by atoms with E-state index in [0.717, 1.165) is 150 Å². The van der Waals surface area contributed by atoms with Crippen LogP contribution in [0.5, 0.6) is 11.5 Å². The zero-order valence-corrected chi connectivity index (χ0v) is 77.2. The van der Waals surface area contributed by atoms with E-state index in [-0.39, 0.29) is 23.1 Å². The number of nitrogens with two attached hydrogens (primary N) is 7. The summed E-state index contributed by atoms with van der Waals surface area (Å²) in [5.41, 5.74) is 65.2. The number of halogens is 2. The van der Waals surface area contributed by atoms with Crippen molar-refractivity contribution >= 4 is 185 Å². The van der Waals surface area contributed by atoms with Gasteiger partial charge in [0.1, 0.15) is 142 Å². The molecule has 0 spiro atoms. The summed E-state index contributed by atoms with van der Waals surface area (Å²) in [7, 11) is 12.8. The molecular formula is C91H84Cl2N40O3S. The molecule has 0 aliphatic rings. The van der Waals surface area contributed by atoms with Crippen LogP contribution in [0.3, 0.4) is 0 Å². The Morgan fingerprint density at radius 3 is 1.15 bits per heavy atom. The smallest absolute Gasteiger partial charge is 0.163 e. The van der Waals surface area contributed by atoms with Gasteiger partial charge in [-0.3, -0.25) is 5.10 Å². The second-order valence-electron chi connectivity index (χ2n) is 31.5. The van der Waals surface area contributed by atoms with E-state index >= 15 is 0 Å². The van der Waals surface area contributed by atoms with Crippen molar-refractivity contribution in [3.8, 4) is 90.3 Å². The van der Waals surface area contributed by atoms with Gasteiger partial charge in [0.15, 0.2) is 39.5 Å². The van der Waals surface area contributed by atoms with Gasteiger partial charge in [0.2, 0.25) is 0 Å². The molecule has 18 heterocycles. The van der Waals surface area contributed by atoms with Gasteiger partial charge < -0.3 is 65.4 Å². The number of hydrogen-bond acceptors (Lipinski definition) is 34. The van der Waals surface area contributed by atoms with Crippen LogP contribution < -0.4 is 40.1 Å². The lowest BCUT2D eigenvalue weighted by Gasteiger charge is -2.03. The third kappa shape index (κ3) is 17.2. The number of H-pyrrole nitrogens is 3. The van der Waals surface area contributed by atoms with Crippen molar-refractivity contribution < 1.29 is 15.3 Å². The van der Waals surface area contributed by atoms with Crippen molar-refractivity contribution in [2.45, 2.75) is 34.3 Å². The minimum Gasteiger partial charge on any atom is -0.508 e. The fourth-order valence-electron chi connectivity index (χ4n) is 15.8. The van der Waals surface area contributed by atoms with E-state index in [4.69, 9.17) is 68.4 Å². The van der Waals surface area contributed by atoms with Crippen molar-refractivity contribution in [3.05, 3.63) is 215 Å². The van der Waals surface area contributed by atoms with Crippen LogP contribution in [0.2, 0.25) is 10.0 Å². The van der Waals surface area contributed by atoms with E-state index in [1.54, 1.807) is 65.1 Å². The number of aliphatic hydroxyl groups excluding tert-OH is 1. The van der Waals surface area contributed by atoms with Gasteiger partial charge in [-0.2, -0.15) is 40.8 Å². The third-order valence-corrected chi connectivity index (χ3v) is 24.1. The van der Waals surface area contributed by atoms with Crippen LogP contribution in [0.25, 0.3) is 189 Å². The molecule has 46 heteroatoms. The Morgan fingerprint density at radius 1 is 0.358 bits per heavy atom. The van der Waals surface area contributed by atoms with Crippen molar-refractivity contribution in [2.24, 2.45) is 49.3 Å². The highest BCUT2D eigenvalue weighted by Crippen LogP contribution is 2.41. The van der Waals surface area contributed by atoms with Gasteiger partial charge in [-0.15, -0.1) is 11.3 Å². The number of benzene rings is 6. The number of hydrogen-bond donors (Lipinski definition) is 13. The maximum Gasteiger partial charge on any atom is 0.163 e. The molecule has 18 aromatic heterocycles. The van der Waals surface area contributed by atoms with E-state index in [0.29, 0.717) is 96.0 Å². The molecular weight excluding hydrogens is 1800 g/mol. The number of nitrogen functional groups attached to an aromatic ring is 7. The maximum atomic E-state index is 9.68. The Morgan fingerprint density at radius 2 is 0.723 bits per heavy atom. The number of fused-ring (bicyclic) bond motifs is 10. The second kappa shape index (κ2) is 36.7. The van der Waals surface area contributed by atoms with Crippen LogP contribution in [0.1, 0.15) is 27.5 Å². The lowest BCUT2D eigenvalue weighted by Crippen LogP contribution is -1.95. The molecule has 0 unspecified atom stereocenters. The largest absolute Gasteiger partial charge is 0.508 e. The molecule has 0 atom stereocenters. The highest BCUT2D eigenvalue weighted by atomic mass is 35.5. The standard InChI is InChI=1S/2C14H13N7.C14H12N6.C14H15N5.2C12H10ClN5O.C11H11N5OS/c1-7-9-5-8(3-4-10(9)19-18-7)12-11-13(15)16-6-17-14(11)21(2)20-12;1-7-18-9-4-3-8(5-10(9)19-7)12-11-13(15)16-6-17-14(11)21(2)20-12;1-20-14-11(13(15)17-7-18-14)12(19-20)9-3-2-8-4-5-16-10(8)6-9;1-8-4-5-10(6-9(8)2)12-11-13(15)16-7-17-14(11)19(3)18-12;1-18-12-9(11(14)15-5-16-12)10(17-18)7-4-6(19)2-3-8(7)13;1-18-12-9(11(14)15-5-16-12)10(17-18)6-2-3-7(13)8(19)4-6;1-16-11-8(10(12)13-5-14-11)9(15-16)6-2-7(3-17)18-4-6/h2*3-6H,1-2H3,(H,18,19)(H2,15,16,17);2-7,16H,1H3,(H2,15,17,18);4-7H,1-3H3,(H2,15,16,17);2*2-5,19H,1H3,(H2,14,15,16);2,4-5,17H,3H2,1H3,(H2,12,13,14). The zero-order valence-electron chi connectivity index (χ0n) is 74.9. The summed E-state index contributed by atoms with van der Waals surface area (Å²) in [6.45, 7) is 8.13. The summed E-state index contributed by atoms with van der Waals surface area (Å²) in [6.07, 6.45) is 11.9. The highest BCUT2D eigenvalue weighted by Gasteiger charge is 2.25. The molecule has 0 saturated carbocycles. The summed E-state index contributed by atoms with van der Waals surface area (Å²) < 4.78 is 11.8. The van der Waals surface area contributed by atoms with Crippen LogP contribution >= 0.6 is 34.5 Å². The first-order valence-electron chi connectivity index (χ1n) is 41.7. The van der Waals surface area contributed by atoms with Crippen LogP contribution in [-0.2, 0) is 55.9 Å². The number of aromatic amines is 3. The predicted octanol–water partition coefficient (Wildman–Crippen LogP) is 13.0. The van der Waals surface area contributed by atoms with Crippen molar-refractivity contribution in [3.63, 3.8) is 0 Å². The molecule has 137 heavy (non-hydrogen) atoms. The SMILES string of the molecule is Cc1[nH]nc2ccc(-c3nn(C)c4ncnc(N)c34)cc12.Cc1ccc(-c2nn(C)c3ncnc(N)c23)cc1C.Cc1nc2ccc(-c3nn(C)c4ncnc(N)c34)cc2[nH]1.Cn1nc(-c2cc(O)ccc2Cl)c2c(N)ncnc21.Cn1nc(-c2ccc(Cl)c(O)c2)c2c(N)ncnc21.Cn1nc(-c2ccc3cc[nH]c3c2)c2c(N)ncnc21.Cn1nc(-c2csc(CO)c2)c2c(N)ncnc21. The number of imidazole rings is 1. The Kier molecular flexibility index (Phi) is 24.0. The summed E-state index contributed by atoms with van der Waals surface area (Å²) in [6, 6.07) is 37.9. The number of rotatable bonds is 8. The molecule has 0 saturated heterocycles. The van der Waals surface area contributed by atoms with Gasteiger partial charge in [-0.05, 0) is 123 Å². The molecule has 24 aromatic rings. The third-order valence-electron chi connectivity index (χ3n) is 22.6. The first kappa shape index (κ1) is 89.7. The van der Waals surface area contributed by atoms with E-state index < -0.39 is 0 Å². The molecule has 6 aromatic carbocycles. The molecule has 686 valence electrons. The molecule has 0 amide bonds. The van der Waals surface area contributed by atoms with Crippen molar-refractivity contribution in [1.29, 1.82) is 0 Å². The Bertz CT molecular complexity index is 8630. The number of nitrogens with zero attached hydrogens (tertiary/aromatic N) is 30. The number of aromatic hydroxyl groups is 2. The number of anilines is 7. The first-order chi connectivity index (χ1) is 65.9. The molecule has 0 bridgehead atoms. The minimum atomic E-state index is -0.00612. The van der Waals surface area contributed by atoms with Gasteiger partial charge in [-0.25, -0.2) is 108 Å². The van der Waals surface area contributed by atoms with E-state index in [1.807, 2.05) is 109 Å². The molecule has 0 aliphatic heterocycles. The van der Waals surface area contributed by atoms with Gasteiger partial charge in [0.05, 0.1) is 70.9 Å². The molecule has 0 aliphatic carbocycles. The lowest BCUT2D eigenvalue weighted by molar-refractivity contribution is 0.285. The quantitative estimate of drug-likeness (QED) is 0.0672. The monoisotopic (exact) mass is 1890 g/mol. The number of nitrogens with one attached hydrogen (secondary N) is 3. The van der Waals surface area contributed by atoms with E-state index in [1.165, 1.54) is 90.3 Å². The Labute approximate surface area is 788 Å². The zero-order chi connectivity index (χ0) is 96.2. The average Bonchev–Trinajstić information content (AvgIpc) is 1.65. The summed E-state index contributed by atoms with van der Waals surface area (Å²) in [5.74, 6) is 3.86. The molecule has 43 nitrogen and oxygen atoms in total. The number of aliphatic hydroxyl groups is 1. The average molecular weight is 1890 g/mol. The van der Waals surface area contributed by atoms with Crippen molar-refractivity contribution in [2.75, 3.05) is 40.1 Å². The first-order valence-corrected chi connectivity index (χ1v) is 43.3. The van der Waals surface area contributed by atoms with Crippen LogP contribution in [0.4, 0.5) is 40.7 Å². The van der Waals surface area contributed by atoms with Gasteiger partial charge in [0.25, 0.3) is 0 Å². The van der Waals surface area contributed by atoms with Crippen LogP contribution in [-0.4, -0.2) is 179 Å². The molecule has 20 N–H and O–H groups in total. The summed E-state index contributed by atoms with van der Waals surface area (Å²) in [5, 5.41) is 77.0. The normalized spacial score (nSPS) is 11.3. The lowest BCUT2D eigenvalue weighted by atomic mass is 10.0. The Hall–Kier alpha value is -17.9. The molecule has 0 radical (unpaired) electrons. The topological polar surface area (TPSA) is 621 Å². The van der Waals surface area contributed by atoms with Crippen LogP contribution in [0, 0.1) is 27.7 Å². The number of aryl methyl sites for hydroxylation is 11. The van der Waals surface area contributed by atoms with E-state index in [2.05, 4.69) is 181 Å². The summed E-state index contributed by atoms with van der Waals surface area (Å²) in [4.78, 5) is 69.4. The minimum absolute atomic E-state index is 0.00612. The van der Waals surface area contributed by atoms with Gasteiger partial charge in [0, 0.05) is 121 Å². The number of phenolic OH excluding ortho intramolecular Hbond substituents is 2. The fourth-order valence-corrected chi connectivity index (χ4v) is 16.8. The second-order valence-corrected chi connectivity index (χ2v) is 33.3. The van der Waals surface area contributed by atoms with E-state index in [9.17, 15) is 10.2 Å². The number of thiophene rings is 1. The van der Waals surface area contributed by atoms with Crippen molar-refractivity contribution in [1.82, 2.24) is 163 Å². The molecule has 24 rings (SSSR count). The van der Waals surface area contributed by atoms with Crippen LogP contribution in [0.15, 0.2) is 177 Å².